The normalized spacial score (nSPS) is 11.9. The lowest BCUT2D eigenvalue weighted by Gasteiger charge is -1.98. The molecule has 0 amide bonds. The van der Waals surface area contributed by atoms with Gasteiger partial charge in [0.05, 0.1) is 16.6 Å². The SMILES string of the molecule is Cn1c2ccc(Cl)cc2c2[nH]c3ccccc3c21. The van der Waals surface area contributed by atoms with Gasteiger partial charge in [0.25, 0.3) is 0 Å². The number of benzene rings is 2. The van der Waals surface area contributed by atoms with Crippen molar-refractivity contribution in [1.29, 1.82) is 0 Å². The summed E-state index contributed by atoms with van der Waals surface area (Å²) in [5.74, 6) is 0. The lowest BCUT2D eigenvalue weighted by molar-refractivity contribution is 1.02. The zero-order valence-electron chi connectivity index (χ0n) is 9.87. The Labute approximate surface area is 109 Å². The Morgan fingerprint density at radius 1 is 1.06 bits per heavy atom. The molecule has 4 aromatic rings. The monoisotopic (exact) mass is 254 g/mol. The fourth-order valence-corrected chi connectivity index (χ4v) is 2.96. The van der Waals surface area contributed by atoms with Gasteiger partial charge < -0.3 is 9.55 Å². The van der Waals surface area contributed by atoms with Gasteiger partial charge in [-0.3, -0.25) is 0 Å². The molecule has 2 heterocycles. The summed E-state index contributed by atoms with van der Waals surface area (Å²) < 4.78 is 2.22. The number of rotatable bonds is 0. The molecule has 0 aliphatic heterocycles. The van der Waals surface area contributed by atoms with Crippen molar-refractivity contribution in [2.24, 2.45) is 7.05 Å². The van der Waals surface area contributed by atoms with Crippen LogP contribution in [0.4, 0.5) is 0 Å². The highest BCUT2D eigenvalue weighted by molar-refractivity contribution is 6.32. The number of H-pyrrole nitrogens is 1. The van der Waals surface area contributed by atoms with Crippen LogP contribution in [0.5, 0.6) is 0 Å². The quantitative estimate of drug-likeness (QED) is 0.478. The first-order chi connectivity index (χ1) is 8.75. The molecule has 1 N–H and O–H groups in total. The average molecular weight is 255 g/mol. The van der Waals surface area contributed by atoms with Gasteiger partial charge in [0, 0.05) is 28.4 Å². The van der Waals surface area contributed by atoms with Gasteiger partial charge in [0.1, 0.15) is 0 Å². The third-order valence-electron chi connectivity index (χ3n) is 3.60. The number of para-hydroxylation sites is 1. The van der Waals surface area contributed by atoms with E-state index < -0.39 is 0 Å². The van der Waals surface area contributed by atoms with Gasteiger partial charge in [-0.2, -0.15) is 0 Å². The van der Waals surface area contributed by atoms with Crippen LogP contribution in [0, 0.1) is 0 Å². The van der Waals surface area contributed by atoms with E-state index in [1.165, 1.54) is 27.3 Å². The minimum Gasteiger partial charge on any atom is -0.353 e. The van der Waals surface area contributed by atoms with Gasteiger partial charge in [-0.05, 0) is 24.3 Å². The summed E-state index contributed by atoms with van der Waals surface area (Å²) in [5.41, 5.74) is 4.77. The number of nitrogens with one attached hydrogen (secondary N) is 1. The number of nitrogens with zero attached hydrogens (tertiary/aromatic N) is 1. The number of aromatic nitrogens is 2. The van der Waals surface area contributed by atoms with Crippen LogP contribution in [-0.2, 0) is 7.05 Å². The smallest absolute Gasteiger partial charge is 0.0749 e. The van der Waals surface area contributed by atoms with E-state index in [-0.39, 0.29) is 0 Å². The molecule has 0 fully saturated rings. The number of hydrogen-bond acceptors (Lipinski definition) is 0. The average Bonchev–Trinajstić information content (AvgIpc) is 2.87. The summed E-state index contributed by atoms with van der Waals surface area (Å²) >= 11 is 6.10. The van der Waals surface area contributed by atoms with Gasteiger partial charge in [-0.25, -0.2) is 0 Å². The first kappa shape index (κ1) is 10.0. The Hall–Kier alpha value is -1.93. The molecule has 0 saturated carbocycles. The van der Waals surface area contributed by atoms with E-state index in [4.69, 9.17) is 11.6 Å². The zero-order chi connectivity index (χ0) is 12.3. The summed E-state index contributed by atoms with van der Waals surface area (Å²) in [5, 5.41) is 3.20. The van der Waals surface area contributed by atoms with Crippen molar-refractivity contribution in [1.82, 2.24) is 9.55 Å². The molecule has 88 valence electrons. The van der Waals surface area contributed by atoms with Crippen LogP contribution in [0.3, 0.4) is 0 Å². The zero-order valence-corrected chi connectivity index (χ0v) is 10.6. The molecule has 2 aromatic heterocycles. The van der Waals surface area contributed by atoms with Crippen molar-refractivity contribution < 1.29 is 0 Å². The molecule has 0 aliphatic rings. The van der Waals surface area contributed by atoms with E-state index in [9.17, 15) is 0 Å². The Bertz CT molecular complexity index is 899. The number of aryl methyl sites for hydroxylation is 1. The fraction of sp³-hybridized carbons (Fsp3) is 0.0667. The largest absolute Gasteiger partial charge is 0.353 e. The first-order valence-electron chi connectivity index (χ1n) is 5.90. The van der Waals surface area contributed by atoms with Crippen LogP contribution >= 0.6 is 11.6 Å². The molecule has 2 aromatic carbocycles. The van der Waals surface area contributed by atoms with Crippen molar-refractivity contribution >= 4 is 44.4 Å². The lowest BCUT2D eigenvalue weighted by Crippen LogP contribution is -1.85. The lowest BCUT2D eigenvalue weighted by atomic mass is 10.2. The van der Waals surface area contributed by atoms with E-state index in [0.29, 0.717) is 0 Å². The number of halogens is 1. The molecule has 0 atom stereocenters. The summed E-state index contributed by atoms with van der Waals surface area (Å²) in [6, 6.07) is 14.4. The maximum Gasteiger partial charge on any atom is 0.0749 e. The summed E-state index contributed by atoms with van der Waals surface area (Å²) in [6.45, 7) is 0. The van der Waals surface area contributed by atoms with E-state index in [0.717, 1.165) is 10.5 Å². The Morgan fingerprint density at radius 3 is 2.78 bits per heavy atom. The van der Waals surface area contributed by atoms with Crippen molar-refractivity contribution in [3.05, 3.63) is 47.5 Å². The van der Waals surface area contributed by atoms with Crippen molar-refractivity contribution in [2.75, 3.05) is 0 Å². The maximum absolute atomic E-state index is 6.10. The van der Waals surface area contributed by atoms with Gasteiger partial charge in [0.2, 0.25) is 0 Å². The Balaban J connectivity index is 2.36. The summed E-state index contributed by atoms with van der Waals surface area (Å²) in [6.07, 6.45) is 0. The minimum absolute atomic E-state index is 0.772. The standard InChI is InChI=1S/C15H11ClN2/c1-18-13-7-6-9(16)8-11(13)14-15(18)10-4-2-3-5-12(10)17-14/h2-8,17H,1H3. The first-order valence-corrected chi connectivity index (χ1v) is 6.28. The van der Waals surface area contributed by atoms with E-state index in [1.807, 2.05) is 18.2 Å². The van der Waals surface area contributed by atoms with E-state index >= 15 is 0 Å². The highest BCUT2D eigenvalue weighted by Crippen LogP contribution is 2.34. The van der Waals surface area contributed by atoms with Gasteiger partial charge in [-0.1, -0.05) is 29.8 Å². The second-order valence-corrected chi connectivity index (χ2v) is 5.05. The predicted octanol–water partition coefficient (Wildman–Crippen LogP) is 4.47. The van der Waals surface area contributed by atoms with E-state index in [1.54, 1.807) is 0 Å². The van der Waals surface area contributed by atoms with Crippen LogP contribution < -0.4 is 0 Å². The van der Waals surface area contributed by atoms with Crippen LogP contribution in [-0.4, -0.2) is 9.55 Å². The van der Waals surface area contributed by atoms with Gasteiger partial charge >= 0.3 is 0 Å². The molecular formula is C15H11ClN2. The third kappa shape index (κ3) is 1.13. The minimum atomic E-state index is 0.772. The molecular weight excluding hydrogens is 244 g/mol. The summed E-state index contributed by atoms with van der Waals surface area (Å²) in [7, 11) is 2.10. The number of fused-ring (bicyclic) bond motifs is 5. The Morgan fingerprint density at radius 2 is 1.89 bits per heavy atom. The second-order valence-electron chi connectivity index (χ2n) is 4.61. The Kier molecular flexibility index (Phi) is 1.84. The highest BCUT2D eigenvalue weighted by atomic mass is 35.5. The molecule has 0 spiro atoms. The van der Waals surface area contributed by atoms with Crippen molar-refractivity contribution in [3.63, 3.8) is 0 Å². The van der Waals surface area contributed by atoms with Gasteiger partial charge in [-0.15, -0.1) is 0 Å². The van der Waals surface area contributed by atoms with Crippen molar-refractivity contribution in [3.8, 4) is 0 Å². The molecule has 2 nitrogen and oxygen atoms in total. The maximum atomic E-state index is 6.10. The molecule has 0 bridgehead atoms. The predicted molar refractivity (Wildman–Crippen MR) is 77.3 cm³/mol. The van der Waals surface area contributed by atoms with Crippen LogP contribution in [0.25, 0.3) is 32.8 Å². The van der Waals surface area contributed by atoms with Crippen molar-refractivity contribution in [2.45, 2.75) is 0 Å². The van der Waals surface area contributed by atoms with E-state index in [2.05, 4.69) is 40.9 Å². The number of aromatic amines is 1. The molecule has 0 saturated heterocycles. The molecule has 0 radical (unpaired) electrons. The second kappa shape index (κ2) is 3.30. The topological polar surface area (TPSA) is 20.7 Å². The molecule has 18 heavy (non-hydrogen) atoms. The molecule has 0 aliphatic carbocycles. The molecule has 3 heteroatoms. The van der Waals surface area contributed by atoms with Gasteiger partial charge in [0.15, 0.2) is 0 Å². The van der Waals surface area contributed by atoms with Crippen LogP contribution in [0.1, 0.15) is 0 Å². The number of hydrogen-bond donors (Lipinski definition) is 1. The fourth-order valence-electron chi connectivity index (χ4n) is 2.79. The van der Waals surface area contributed by atoms with Crippen LogP contribution in [0.15, 0.2) is 42.5 Å². The summed E-state index contributed by atoms with van der Waals surface area (Å²) in [4.78, 5) is 3.49. The third-order valence-corrected chi connectivity index (χ3v) is 3.84. The molecule has 0 unspecified atom stereocenters. The molecule has 4 rings (SSSR count). The highest BCUT2D eigenvalue weighted by Gasteiger charge is 2.13. The van der Waals surface area contributed by atoms with Crippen LogP contribution in [0.2, 0.25) is 5.02 Å².